The molecule has 18 heavy (non-hydrogen) atoms. The highest BCUT2D eigenvalue weighted by molar-refractivity contribution is 5.48. The number of fused-ring (bicyclic) bond motifs is 1. The van der Waals surface area contributed by atoms with E-state index in [2.05, 4.69) is 14.9 Å². The fraction of sp³-hybridized carbons (Fsp3) is 0.692. The van der Waals surface area contributed by atoms with E-state index in [1.54, 1.807) is 6.20 Å². The number of aromatic nitrogens is 2. The van der Waals surface area contributed by atoms with Crippen LogP contribution in [0.25, 0.3) is 0 Å². The fourth-order valence-electron chi connectivity index (χ4n) is 3.03. The molecule has 2 heterocycles. The molecule has 98 valence electrons. The number of ether oxygens (including phenoxy) is 1. The zero-order valence-corrected chi connectivity index (χ0v) is 10.7. The zero-order valence-electron chi connectivity index (χ0n) is 10.7. The van der Waals surface area contributed by atoms with Crippen molar-refractivity contribution < 1.29 is 9.84 Å². The van der Waals surface area contributed by atoms with Crippen molar-refractivity contribution in [2.24, 2.45) is 0 Å². The third kappa shape index (κ3) is 1.97. The second-order valence-corrected chi connectivity index (χ2v) is 5.03. The summed E-state index contributed by atoms with van der Waals surface area (Å²) in [7, 11) is 0. The molecule has 2 fully saturated rings. The van der Waals surface area contributed by atoms with Gasteiger partial charge in [0.05, 0.1) is 25.4 Å². The average molecular weight is 249 g/mol. The molecule has 1 aliphatic carbocycles. The van der Waals surface area contributed by atoms with Gasteiger partial charge >= 0.3 is 0 Å². The molecule has 3 rings (SSSR count). The van der Waals surface area contributed by atoms with E-state index in [0.29, 0.717) is 12.1 Å². The third-order valence-corrected chi connectivity index (χ3v) is 3.89. The molecular weight excluding hydrogens is 230 g/mol. The summed E-state index contributed by atoms with van der Waals surface area (Å²) in [5.41, 5.74) is 0.813. The van der Waals surface area contributed by atoms with Crippen LogP contribution < -0.4 is 4.90 Å². The van der Waals surface area contributed by atoms with Crippen LogP contribution in [0.5, 0.6) is 0 Å². The van der Waals surface area contributed by atoms with Gasteiger partial charge in [-0.15, -0.1) is 0 Å². The number of nitrogens with zero attached hydrogens (tertiary/aromatic N) is 3. The topological polar surface area (TPSA) is 58.5 Å². The molecule has 1 N–H and O–H groups in total. The summed E-state index contributed by atoms with van der Waals surface area (Å²) in [4.78, 5) is 11.0. The highest BCUT2D eigenvalue weighted by Crippen LogP contribution is 2.33. The van der Waals surface area contributed by atoms with Crippen molar-refractivity contribution in [1.29, 1.82) is 0 Å². The van der Waals surface area contributed by atoms with Crippen molar-refractivity contribution in [3.8, 4) is 0 Å². The van der Waals surface area contributed by atoms with Crippen LogP contribution in [-0.2, 0) is 11.3 Å². The molecule has 5 heteroatoms. The number of anilines is 1. The van der Waals surface area contributed by atoms with E-state index in [0.717, 1.165) is 43.2 Å². The Bertz CT molecular complexity index is 438. The molecule has 2 aliphatic rings. The highest BCUT2D eigenvalue weighted by Gasteiger charge is 2.37. The van der Waals surface area contributed by atoms with Crippen LogP contribution in [0.4, 0.5) is 5.82 Å². The van der Waals surface area contributed by atoms with E-state index in [-0.39, 0.29) is 6.61 Å². The fourth-order valence-corrected chi connectivity index (χ4v) is 3.03. The normalized spacial score (nSPS) is 27.3. The Hall–Kier alpha value is -1.20. The molecule has 1 saturated carbocycles. The quantitative estimate of drug-likeness (QED) is 0.848. The number of rotatable bonds is 2. The Morgan fingerprint density at radius 1 is 1.50 bits per heavy atom. The summed E-state index contributed by atoms with van der Waals surface area (Å²) in [5.74, 6) is 1.65. The van der Waals surface area contributed by atoms with Gasteiger partial charge in [-0.3, -0.25) is 0 Å². The molecule has 2 atom stereocenters. The van der Waals surface area contributed by atoms with Crippen molar-refractivity contribution in [2.45, 2.75) is 44.9 Å². The van der Waals surface area contributed by atoms with E-state index in [9.17, 15) is 5.11 Å². The molecule has 0 bridgehead atoms. The van der Waals surface area contributed by atoms with Crippen LogP contribution >= 0.6 is 0 Å². The molecule has 0 aromatic carbocycles. The van der Waals surface area contributed by atoms with Crippen LogP contribution in [0.3, 0.4) is 0 Å². The SMILES string of the molecule is Cc1ncc(CO)c(N2CCOC3CCCC32)n1. The van der Waals surface area contributed by atoms with Gasteiger partial charge in [0.2, 0.25) is 0 Å². The monoisotopic (exact) mass is 249 g/mol. The molecule has 5 nitrogen and oxygen atoms in total. The van der Waals surface area contributed by atoms with Gasteiger partial charge in [0.15, 0.2) is 0 Å². The van der Waals surface area contributed by atoms with Gasteiger partial charge in [-0.1, -0.05) is 0 Å². The first kappa shape index (κ1) is 11.9. The lowest BCUT2D eigenvalue weighted by Crippen LogP contribution is -2.49. The number of hydrogen-bond acceptors (Lipinski definition) is 5. The maximum Gasteiger partial charge on any atom is 0.138 e. The summed E-state index contributed by atoms with van der Waals surface area (Å²) < 4.78 is 5.81. The second kappa shape index (κ2) is 4.82. The Morgan fingerprint density at radius 2 is 2.39 bits per heavy atom. The minimum Gasteiger partial charge on any atom is -0.391 e. The Morgan fingerprint density at radius 3 is 3.22 bits per heavy atom. The molecule has 1 aromatic heterocycles. The van der Waals surface area contributed by atoms with Gasteiger partial charge in [0, 0.05) is 18.3 Å². The summed E-state index contributed by atoms with van der Waals surface area (Å²) in [5, 5.41) is 9.44. The molecule has 1 aliphatic heterocycles. The number of hydrogen-bond donors (Lipinski definition) is 1. The lowest BCUT2D eigenvalue weighted by Gasteiger charge is -2.39. The van der Waals surface area contributed by atoms with Crippen LogP contribution in [0.1, 0.15) is 30.7 Å². The lowest BCUT2D eigenvalue weighted by molar-refractivity contribution is 0.0251. The largest absolute Gasteiger partial charge is 0.391 e. The number of aliphatic hydroxyl groups is 1. The summed E-state index contributed by atoms with van der Waals surface area (Å²) in [6.07, 6.45) is 5.57. The van der Waals surface area contributed by atoms with E-state index in [1.165, 1.54) is 6.42 Å². The highest BCUT2D eigenvalue weighted by atomic mass is 16.5. The van der Waals surface area contributed by atoms with Gasteiger partial charge in [0.1, 0.15) is 11.6 Å². The molecule has 1 saturated heterocycles. The Labute approximate surface area is 107 Å². The van der Waals surface area contributed by atoms with E-state index in [4.69, 9.17) is 4.74 Å². The minimum absolute atomic E-state index is 0.00957. The van der Waals surface area contributed by atoms with Crippen molar-refractivity contribution in [2.75, 3.05) is 18.1 Å². The van der Waals surface area contributed by atoms with Crippen molar-refractivity contribution in [3.05, 3.63) is 17.6 Å². The maximum absolute atomic E-state index is 9.44. The second-order valence-electron chi connectivity index (χ2n) is 5.03. The van der Waals surface area contributed by atoms with Crippen LogP contribution in [0, 0.1) is 6.92 Å². The van der Waals surface area contributed by atoms with Gasteiger partial charge in [-0.2, -0.15) is 0 Å². The predicted octanol–water partition coefficient (Wildman–Crippen LogP) is 1.04. The van der Waals surface area contributed by atoms with Crippen LogP contribution in [-0.4, -0.2) is 40.4 Å². The molecule has 2 unspecified atom stereocenters. The maximum atomic E-state index is 9.44. The zero-order chi connectivity index (χ0) is 12.5. The smallest absolute Gasteiger partial charge is 0.138 e. The third-order valence-electron chi connectivity index (χ3n) is 3.89. The number of morpholine rings is 1. The standard InChI is InChI=1S/C13H19N3O2/c1-9-14-7-10(8-17)13(15-9)16-5-6-18-12-4-2-3-11(12)16/h7,11-12,17H,2-6,8H2,1H3. The molecule has 0 amide bonds. The van der Waals surface area contributed by atoms with Crippen molar-refractivity contribution in [1.82, 2.24) is 9.97 Å². The van der Waals surface area contributed by atoms with Gasteiger partial charge in [-0.05, 0) is 26.2 Å². The Balaban J connectivity index is 1.95. The molecular formula is C13H19N3O2. The molecule has 0 spiro atoms. The van der Waals surface area contributed by atoms with Crippen molar-refractivity contribution >= 4 is 5.82 Å². The first-order valence-electron chi connectivity index (χ1n) is 6.61. The van der Waals surface area contributed by atoms with E-state index in [1.807, 2.05) is 6.92 Å². The van der Waals surface area contributed by atoms with Gasteiger partial charge in [-0.25, -0.2) is 9.97 Å². The van der Waals surface area contributed by atoms with Crippen LogP contribution in [0.15, 0.2) is 6.20 Å². The van der Waals surface area contributed by atoms with Crippen molar-refractivity contribution in [3.63, 3.8) is 0 Å². The lowest BCUT2D eigenvalue weighted by atomic mass is 10.1. The summed E-state index contributed by atoms with van der Waals surface area (Å²) >= 11 is 0. The minimum atomic E-state index is -0.00957. The van der Waals surface area contributed by atoms with E-state index < -0.39 is 0 Å². The van der Waals surface area contributed by atoms with Crippen LogP contribution in [0.2, 0.25) is 0 Å². The summed E-state index contributed by atoms with van der Waals surface area (Å²) in [6.45, 7) is 3.47. The Kier molecular flexibility index (Phi) is 3.18. The number of aliphatic hydroxyl groups excluding tert-OH is 1. The molecule has 0 radical (unpaired) electrons. The average Bonchev–Trinajstić information content (AvgIpc) is 2.86. The van der Waals surface area contributed by atoms with Gasteiger partial charge in [0.25, 0.3) is 0 Å². The first-order chi connectivity index (χ1) is 8.79. The summed E-state index contributed by atoms with van der Waals surface area (Å²) in [6, 6.07) is 0.415. The van der Waals surface area contributed by atoms with Gasteiger partial charge < -0.3 is 14.7 Å². The molecule has 1 aromatic rings. The predicted molar refractivity (Wildman–Crippen MR) is 67.4 cm³/mol. The van der Waals surface area contributed by atoms with E-state index >= 15 is 0 Å². The number of aryl methyl sites for hydroxylation is 1. The first-order valence-corrected chi connectivity index (χ1v) is 6.61.